The maximum atomic E-state index is 13.3. The zero-order chi connectivity index (χ0) is 33.6. The Hall–Kier alpha value is -4.03. The highest BCUT2D eigenvalue weighted by molar-refractivity contribution is 7.32. The topological polar surface area (TPSA) is 186 Å². The Kier molecular flexibility index (Phi) is 14.9. The van der Waals surface area contributed by atoms with Crippen LogP contribution < -0.4 is 25.2 Å². The standard InChI is InChI=1S/C30H45N4O10P/c1-7-10-11-12-23(24(8-2)34(19-35)43-29(38)33-30(4,5)6)27(36)31-18-32-28(37)26-14-13-25(42-26)20-15-21(41-9-3)17-22(16-20)44-45(39)40/h13-17,19,23-24,45H,7-12,18H2,1-6H3,(H,31,36)(H,32,37)(H,33,38)(H,39,40). The highest BCUT2D eigenvalue weighted by atomic mass is 31.1. The second-order valence-electron chi connectivity index (χ2n) is 11.2. The lowest BCUT2D eigenvalue weighted by Gasteiger charge is -2.32. The van der Waals surface area contributed by atoms with E-state index in [1.54, 1.807) is 46.8 Å². The van der Waals surface area contributed by atoms with Crippen molar-refractivity contribution in [3.8, 4) is 22.8 Å². The van der Waals surface area contributed by atoms with Gasteiger partial charge in [-0.05, 0) is 64.8 Å². The smallest absolute Gasteiger partial charge is 0.432 e. The fraction of sp³-hybridized carbons (Fsp3) is 0.533. The molecule has 2 rings (SSSR count). The van der Waals surface area contributed by atoms with Crippen LogP contribution >= 0.6 is 8.25 Å². The molecule has 4 N–H and O–H groups in total. The number of nitrogens with one attached hydrogen (secondary N) is 3. The Morgan fingerprint density at radius 1 is 1.07 bits per heavy atom. The van der Waals surface area contributed by atoms with E-state index in [1.165, 1.54) is 18.2 Å². The SMILES string of the molecule is CCCCCC(C(=O)NCNC(=O)c1ccc(-c2cc(OCC)cc(O[PH](=O)O)c2)o1)C(CC)N(C=O)OC(=O)NC(C)(C)C. The zero-order valence-electron chi connectivity index (χ0n) is 26.6. The van der Waals surface area contributed by atoms with E-state index < -0.39 is 43.7 Å². The van der Waals surface area contributed by atoms with Gasteiger partial charge in [0.2, 0.25) is 12.3 Å². The summed E-state index contributed by atoms with van der Waals surface area (Å²) in [5.41, 5.74) is -0.143. The molecule has 0 aliphatic rings. The fourth-order valence-corrected chi connectivity index (χ4v) is 4.83. The zero-order valence-corrected chi connectivity index (χ0v) is 27.6. The number of amides is 4. The van der Waals surface area contributed by atoms with Crippen molar-refractivity contribution in [2.24, 2.45) is 5.92 Å². The number of nitrogens with zero attached hydrogens (tertiary/aromatic N) is 1. The summed E-state index contributed by atoms with van der Waals surface area (Å²) in [5.74, 6) is -1.04. The summed E-state index contributed by atoms with van der Waals surface area (Å²) in [6, 6.07) is 6.82. The number of hydroxylamine groups is 2. The molecule has 1 aromatic heterocycles. The first kappa shape index (κ1) is 37.2. The Labute approximate surface area is 264 Å². The quantitative estimate of drug-likeness (QED) is 0.0574. The van der Waals surface area contributed by atoms with Crippen molar-refractivity contribution >= 4 is 32.6 Å². The Bertz CT molecular complexity index is 1310. The second kappa shape index (κ2) is 18.1. The molecular formula is C30H45N4O10P. The number of hydrogen-bond donors (Lipinski definition) is 4. The van der Waals surface area contributed by atoms with E-state index in [4.69, 9.17) is 23.4 Å². The average molecular weight is 653 g/mol. The molecule has 250 valence electrons. The van der Waals surface area contributed by atoms with Gasteiger partial charge >= 0.3 is 14.3 Å². The van der Waals surface area contributed by atoms with Crippen molar-refractivity contribution in [1.29, 1.82) is 0 Å². The predicted octanol–water partition coefficient (Wildman–Crippen LogP) is 4.78. The molecule has 3 atom stereocenters. The Morgan fingerprint density at radius 3 is 2.38 bits per heavy atom. The van der Waals surface area contributed by atoms with Crippen LogP contribution in [0.3, 0.4) is 0 Å². The molecule has 0 radical (unpaired) electrons. The first-order valence-corrected chi connectivity index (χ1v) is 16.2. The lowest BCUT2D eigenvalue weighted by molar-refractivity contribution is -0.169. The third kappa shape index (κ3) is 12.5. The van der Waals surface area contributed by atoms with Crippen LogP contribution in [0.25, 0.3) is 11.3 Å². The summed E-state index contributed by atoms with van der Waals surface area (Å²) in [6.07, 6.45) is 2.82. The first-order valence-electron chi connectivity index (χ1n) is 14.9. The number of rotatable bonds is 18. The van der Waals surface area contributed by atoms with Crippen molar-refractivity contribution in [2.45, 2.75) is 85.2 Å². The molecule has 15 heteroatoms. The summed E-state index contributed by atoms with van der Waals surface area (Å²) < 4.78 is 27.3. The monoisotopic (exact) mass is 652 g/mol. The molecule has 0 saturated heterocycles. The van der Waals surface area contributed by atoms with E-state index in [2.05, 4.69) is 16.0 Å². The third-order valence-electron chi connectivity index (χ3n) is 6.46. The number of hydrogen-bond acceptors (Lipinski definition) is 9. The number of carbonyl (C=O) groups excluding carboxylic acids is 4. The van der Waals surface area contributed by atoms with E-state index in [9.17, 15) is 23.7 Å². The van der Waals surface area contributed by atoms with Gasteiger partial charge in [0, 0.05) is 17.2 Å². The molecule has 3 unspecified atom stereocenters. The van der Waals surface area contributed by atoms with Crippen LogP contribution in [0.5, 0.6) is 11.5 Å². The summed E-state index contributed by atoms with van der Waals surface area (Å²) in [6.45, 7) is 11.0. The summed E-state index contributed by atoms with van der Waals surface area (Å²) in [7, 11) is -3.26. The van der Waals surface area contributed by atoms with Gasteiger partial charge in [0.15, 0.2) is 5.76 Å². The fourth-order valence-electron chi connectivity index (χ4n) is 4.52. The van der Waals surface area contributed by atoms with E-state index >= 15 is 0 Å². The van der Waals surface area contributed by atoms with Crippen LogP contribution in [0.2, 0.25) is 0 Å². The molecule has 2 aromatic rings. The number of furan rings is 1. The minimum absolute atomic E-state index is 0.0458. The van der Waals surface area contributed by atoms with E-state index in [0.29, 0.717) is 43.6 Å². The van der Waals surface area contributed by atoms with Crippen molar-refractivity contribution < 1.29 is 47.2 Å². The van der Waals surface area contributed by atoms with Crippen LogP contribution in [0.4, 0.5) is 4.79 Å². The van der Waals surface area contributed by atoms with Crippen molar-refractivity contribution in [3.63, 3.8) is 0 Å². The molecule has 1 heterocycles. The normalized spacial score (nSPS) is 13.1. The van der Waals surface area contributed by atoms with Gasteiger partial charge in [-0.25, -0.2) is 9.36 Å². The Balaban J connectivity index is 2.11. The van der Waals surface area contributed by atoms with Gasteiger partial charge in [-0.2, -0.15) is 5.06 Å². The number of ether oxygens (including phenoxy) is 1. The third-order valence-corrected chi connectivity index (χ3v) is 6.87. The van der Waals surface area contributed by atoms with Crippen LogP contribution in [0.15, 0.2) is 34.7 Å². The number of unbranched alkanes of at least 4 members (excludes halogenated alkanes) is 2. The van der Waals surface area contributed by atoms with Crippen LogP contribution in [-0.2, 0) is 19.0 Å². The number of benzene rings is 1. The maximum Gasteiger partial charge on any atom is 0.432 e. The molecule has 0 spiro atoms. The minimum atomic E-state index is -3.26. The Morgan fingerprint density at radius 2 is 1.78 bits per heavy atom. The molecule has 0 bridgehead atoms. The van der Waals surface area contributed by atoms with Gasteiger partial charge in [0.25, 0.3) is 5.91 Å². The van der Waals surface area contributed by atoms with Crippen LogP contribution in [0, 0.1) is 5.92 Å². The maximum absolute atomic E-state index is 13.3. The lowest BCUT2D eigenvalue weighted by Crippen LogP contribution is -2.51. The van der Waals surface area contributed by atoms with Crippen molar-refractivity contribution in [1.82, 2.24) is 21.0 Å². The van der Waals surface area contributed by atoms with Gasteiger partial charge in [0.1, 0.15) is 17.3 Å². The molecule has 0 aliphatic carbocycles. The molecule has 45 heavy (non-hydrogen) atoms. The van der Waals surface area contributed by atoms with Crippen LogP contribution in [0.1, 0.15) is 84.2 Å². The summed E-state index contributed by atoms with van der Waals surface area (Å²) >= 11 is 0. The average Bonchev–Trinajstić information content (AvgIpc) is 3.45. The van der Waals surface area contributed by atoms with Crippen LogP contribution in [-0.4, -0.2) is 59.1 Å². The molecule has 1 aromatic carbocycles. The molecular weight excluding hydrogens is 607 g/mol. The van der Waals surface area contributed by atoms with Crippen molar-refractivity contribution in [2.75, 3.05) is 13.3 Å². The summed E-state index contributed by atoms with van der Waals surface area (Å²) in [5, 5.41) is 8.76. The van der Waals surface area contributed by atoms with E-state index in [1.807, 2.05) is 6.92 Å². The second-order valence-corrected chi connectivity index (χ2v) is 11.9. The van der Waals surface area contributed by atoms with Gasteiger partial charge in [0.05, 0.1) is 25.2 Å². The molecule has 4 amide bonds. The van der Waals surface area contributed by atoms with Crippen molar-refractivity contribution in [3.05, 3.63) is 36.1 Å². The van der Waals surface area contributed by atoms with E-state index in [-0.39, 0.29) is 23.9 Å². The molecule has 14 nitrogen and oxygen atoms in total. The number of carbonyl (C=O) groups is 4. The first-order chi connectivity index (χ1) is 21.3. The van der Waals surface area contributed by atoms with Gasteiger partial charge in [-0.15, -0.1) is 0 Å². The van der Waals surface area contributed by atoms with Gasteiger partial charge in [-0.3, -0.25) is 14.4 Å². The molecule has 0 fully saturated rings. The van der Waals surface area contributed by atoms with Gasteiger partial charge in [-0.1, -0.05) is 33.1 Å². The predicted molar refractivity (Wildman–Crippen MR) is 167 cm³/mol. The minimum Gasteiger partial charge on any atom is -0.494 e. The highest BCUT2D eigenvalue weighted by Crippen LogP contribution is 2.34. The van der Waals surface area contributed by atoms with Gasteiger partial charge < -0.3 is 39.4 Å². The highest BCUT2D eigenvalue weighted by Gasteiger charge is 2.34. The molecule has 0 saturated carbocycles. The largest absolute Gasteiger partial charge is 0.494 e. The molecule has 0 aliphatic heterocycles. The lowest BCUT2D eigenvalue weighted by atomic mass is 9.90. The van der Waals surface area contributed by atoms with E-state index in [0.717, 1.165) is 17.9 Å². The summed E-state index contributed by atoms with van der Waals surface area (Å²) in [4.78, 5) is 64.9.